The summed E-state index contributed by atoms with van der Waals surface area (Å²) in [6.07, 6.45) is 4.81. The summed E-state index contributed by atoms with van der Waals surface area (Å²) in [5.74, 6) is -1.36. The molecule has 1 N–H and O–H groups in total. The van der Waals surface area contributed by atoms with Gasteiger partial charge in [-0.2, -0.15) is 0 Å². The Morgan fingerprint density at radius 3 is 2.53 bits per heavy atom. The molecule has 1 saturated carbocycles. The number of hydrogen-bond acceptors (Lipinski definition) is 2. The van der Waals surface area contributed by atoms with E-state index in [9.17, 15) is 9.90 Å². The third kappa shape index (κ3) is 3.30. The molecular formula is C14H18O3. The van der Waals surface area contributed by atoms with Crippen molar-refractivity contribution in [1.29, 1.82) is 0 Å². The Morgan fingerprint density at radius 2 is 1.94 bits per heavy atom. The van der Waals surface area contributed by atoms with Gasteiger partial charge in [-0.1, -0.05) is 43.2 Å². The fourth-order valence-electron chi connectivity index (χ4n) is 2.28. The molecule has 3 nitrogen and oxygen atoms in total. The molecule has 1 aromatic rings. The first-order valence-corrected chi connectivity index (χ1v) is 6.16. The molecule has 3 heteroatoms. The van der Waals surface area contributed by atoms with Gasteiger partial charge in [-0.15, -0.1) is 0 Å². The van der Waals surface area contributed by atoms with Crippen molar-refractivity contribution in [3.05, 3.63) is 35.9 Å². The highest BCUT2D eigenvalue weighted by atomic mass is 16.5. The van der Waals surface area contributed by atoms with E-state index in [0.717, 1.165) is 18.4 Å². The van der Waals surface area contributed by atoms with E-state index < -0.39 is 11.9 Å². The molecule has 92 valence electrons. The third-order valence-electron chi connectivity index (χ3n) is 3.30. The zero-order valence-corrected chi connectivity index (χ0v) is 9.84. The molecule has 0 amide bonds. The highest BCUT2D eigenvalue weighted by molar-refractivity contribution is 5.76. The van der Waals surface area contributed by atoms with E-state index in [2.05, 4.69) is 0 Å². The molecule has 0 bridgehead atoms. The quantitative estimate of drug-likeness (QED) is 0.852. The summed E-state index contributed by atoms with van der Waals surface area (Å²) in [5, 5.41) is 9.22. The zero-order chi connectivity index (χ0) is 12.1. The summed E-state index contributed by atoms with van der Waals surface area (Å²) in [6.45, 7) is 0.282. The van der Waals surface area contributed by atoms with Crippen LogP contribution in [0.25, 0.3) is 0 Å². The molecule has 2 rings (SSSR count). The molecule has 0 aromatic heterocycles. The lowest BCUT2D eigenvalue weighted by atomic mass is 10.0. The van der Waals surface area contributed by atoms with Crippen LogP contribution >= 0.6 is 0 Å². The van der Waals surface area contributed by atoms with Gasteiger partial charge in [0.1, 0.15) is 5.92 Å². The molecule has 1 unspecified atom stereocenters. The Morgan fingerprint density at radius 1 is 1.29 bits per heavy atom. The molecule has 1 aromatic carbocycles. The summed E-state index contributed by atoms with van der Waals surface area (Å²) >= 11 is 0. The van der Waals surface area contributed by atoms with E-state index in [1.165, 1.54) is 12.8 Å². The highest BCUT2D eigenvalue weighted by Gasteiger charge is 2.23. The van der Waals surface area contributed by atoms with Gasteiger partial charge in [-0.25, -0.2) is 0 Å². The fourth-order valence-corrected chi connectivity index (χ4v) is 2.28. The number of hydrogen-bond donors (Lipinski definition) is 1. The molecule has 0 saturated heterocycles. The van der Waals surface area contributed by atoms with Crippen LogP contribution in [0.5, 0.6) is 0 Å². The Hall–Kier alpha value is -1.35. The first-order valence-electron chi connectivity index (χ1n) is 6.16. The third-order valence-corrected chi connectivity index (χ3v) is 3.30. The fraction of sp³-hybridized carbons (Fsp3) is 0.500. The summed E-state index contributed by atoms with van der Waals surface area (Å²) < 4.78 is 5.70. The van der Waals surface area contributed by atoms with Crippen LogP contribution in [0.3, 0.4) is 0 Å². The normalized spacial score (nSPS) is 18.1. The van der Waals surface area contributed by atoms with E-state index in [-0.39, 0.29) is 12.7 Å². The van der Waals surface area contributed by atoms with Crippen LogP contribution < -0.4 is 0 Å². The van der Waals surface area contributed by atoms with Crippen molar-refractivity contribution in [1.82, 2.24) is 0 Å². The SMILES string of the molecule is O=C(O)C(COC1CCCC1)c1ccccc1. The lowest BCUT2D eigenvalue weighted by Gasteiger charge is -2.16. The summed E-state index contributed by atoms with van der Waals surface area (Å²) in [4.78, 5) is 11.2. The van der Waals surface area contributed by atoms with E-state index in [1.807, 2.05) is 30.3 Å². The Bertz CT molecular complexity index is 355. The first kappa shape index (κ1) is 12.1. The van der Waals surface area contributed by atoms with Gasteiger partial charge in [-0.3, -0.25) is 4.79 Å². The lowest BCUT2D eigenvalue weighted by molar-refractivity contribution is -0.140. The number of carboxylic acids is 1. The number of benzene rings is 1. The van der Waals surface area contributed by atoms with Crippen molar-refractivity contribution >= 4 is 5.97 Å². The van der Waals surface area contributed by atoms with Crippen molar-refractivity contribution in [2.45, 2.75) is 37.7 Å². The number of aliphatic carboxylic acids is 1. The van der Waals surface area contributed by atoms with Gasteiger partial charge in [0.2, 0.25) is 0 Å². The summed E-state index contributed by atoms with van der Waals surface area (Å²) in [5.41, 5.74) is 0.818. The number of ether oxygens (including phenoxy) is 1. The van der Waals surface area contributed by atoms with Crippen LogP contribution in [-0.2, 0) is 9.53 Å². The van der Waals surface area contributed by atoms with Gasteiger partial charge in [0, 0.05) is 0 Å². The second kappa shape index (κ2) is 5.82. The van der Waals surface area contributed by atoms with Gasteiger partial charge in [-0.05, 0) is 18.4 Å². The second-order valence-electron chi connectivity index (χ2n) is 4.54. The molecule has 0 heterocycles. The molecule has 0 spiro atoms. The molecule has 1 fully saturated rings. The van der Waals surface area contributed by atoms with E-state index >= 15 is 0 Å². The lowest BCUT2D eigenvalue weighted by Crippen LogP contribution is -2.21. The molecule has 1 aliphatic rings. The first-order chi connectivity index (χ1) is 8.27. The van der Waals surface area contributed by atoms with Crippen molar-refractivity contribution < 1.29 is 14.6 Å². The molecule has 1 atom stereocenters. The van der Waals surface area contributed by atoms with Crippen LogP contribution in [0, 0.1) is 0 Å². The summed E-state index contributed by atoms with van der Waals surface area (Å²) in [7, 11) is 0. The van der Waals surface area contributed by atoms with E-state index in [1.54, 1.807) is 0 Å². The Labute approximate surface area is 101 Å². The van der Waals surface area contributed by atoms with Gasteiger partial charge < -0.3 is 9.84 Å². The molecule has 0 aliphatic heterocycles. The highest BCUT2D eigenvalue weighted by Crippen LogP contribution is 2.24. The zero-order valence-electron chi connectivity index (χ0n) is 9.84. The summed E-state index contributed by atoms with van der Waals surface area (Å²) in [6, 6.07) is 9.30. The number of carbonyl (C=O) groups is 1. The molecule has 17 heavy (non-hydrogen) atoms. The maximum Gasteiger partial charge on any atom is 0.313 e. The van der Waals surface area contributed by atoms with Gasteiger partial charge >= 0.3 is 5.97 Å². The minimum absolute atomic E-state index is 0.264. The van der Waals surface area contributed by atoms with Crippen molar-refractivity contribution in [3.63, 3.8) is 0 Å². The Balaban J connectivity index is 1.95. The van der Waals surface area contributed by atoms with Gasteiger partial charge in [0.05, 0.1) is 12.7 Å². The maximum atomic E-state index is 11.2. The smallest absolute Gasteiger partial charge is 0.313 e. The van der Waals surface area contributed by atoms with Crippen LogP contribution in [0.15, 0.2) is 30.3 Å². The van der Waals surface area contributed by atoms with Crippen LogP contribution in [0.2, 0.25) is 0 Å². The van der Waals surface area contributed by atoms with Gasteiger partial charge in [0.25, 0.3) is 0 Å². The predicted molar refractivity (Wildman–Crippen MR) is 65.0 cm³/mol. The molecule has 1 aliphatic carbocycles. The number of carboxylic acid groups (broad SMARTS) is 1. The van der Waals surface area contributed by atoms with Crippen LogP contribution in [0.4, 0.5) is 0 Å². The van der Waals surface area contributed by atoms with Gasteiger partial charge in [0.15, 0.2) is 0 Å². The molecule has 0 radical (unpaired) electrons. The van der Waals surface area contributed by atoms with Crippen molar-refractivity contribution in [3.8, 4) is 0 Å². The molecular weight excluding hydrogens is 216 g/mol. The monoisotopic (exact) mass is 234 g/mol. The van der Waals surface area contributed by atoms with Crippen LogP contribution in [0.1, 0.15) is 37.2 Å². The largest absolute Gasteiger partial charge is 0.481 e. The van der Waals surface area contributed by atoms with Crippen molar-refractivity contribution in [2.75, 3.05) is 6.61 Å². The maximum absolute atomic E-state index is 11.2. The van der Waals surface area contributed by atoms with Crippen molar-refractivity contribution in [2.24, 2.45) is 0 Å². The number of rotatable bonds is 5. The average Bonchev–Trinajstić information content (AvgIpc) is 2.83. The minimum atomic E-state index is -0.811. The predicted octanol–water partition coefficient (Wildman–Crippen LogP) is 2.81. The Kier molecular flexibility index (Phi) is 4.15. The topological polar surface area (TPSA) is 46.5 Å². The minimum Gasteiger partial charge on any atom is -0.481 e. The standard InChI is InChI=1S/C14H18O3/c15-14(16)13(11-6-2-1-3-7-11)10-17-12-8-4-5-9-12/h1-3,6-7,12-13H,4-5,8-10H2,(H,15,16). The van der Waals surface area contributed by atoms with Crippen LogP contribution in [-0.4, -0.2) is 23.8 Å². The van der Waals surface area contributed by atoms with E-state index in [0.29, 0.717) is 0 Å². The second-order valence-corrected chi connectivity index (χ2v) is 4.54. The van der Waals surface area contributed by atoms with E-state index in [4.69, 9.17) is 4.74 Å². The average molecular weight is 234 g/mol.